The molecule has 5 heteroatoms. The molecular weight excluding hydrogens is 333 g/mol. The Bertz CT molecular complexity index is 691. The van der Waals surface area contributed by atoms with Crippen LogP contribution in [0.25, 0.3) is 0 Å². The molecule has 0 saturated heterocycles. The molecule has 1 heterocycles. The fourth-order valence-electron chi connectivity index (χ4n) is 2.55. The van der Waals surface area contributed by atoms with Gasteiger partial charge in [-0.25, -0.2) is 0 Å². The van der Waals surface area contributed by atoms with Gasteiger partial charge >= 0.3 is 0 Å². The van der Waals surface area contributed by atoms with Gasteiger partial charge < -0.3 is 14.8 Å². The third-order valence-corrected chi connectivity index (χ3v) is 4.34. The number of halogens is 2. The lowest BCUT2D eigenvalue weighted by molar-refractivity contribution is 0.297. The Hall–Kier alpha value is -1.42. The predicted octanol–water partition coefficient (Wildman–Crippen LogP) is 5.01. The van der Waals surface area contributed by atoms with Gasteiger partial charge in [0.05, 0.1) is 18.2 Å². The van der Waals surface area contributed by atoms with E-state index in [1.54, 1.807) is 0 Å². The van der Waals surface area contributed by atoms with E-state index in [2.05, 4.69) is 18.3 Å². The maximum Gasteiger partial charge on any atom is 0.179 e. The normalized spacial score (nSPS) is 15.1. The van der Waals surface area contributed by atoms with Crippen molar-refractivity contribution in [1.82, 2.24) is 5.32 Å². The molecule has 0 aliphatic carbocycles. The van der Waals surface area contributed by atoms with Crippen molar-refractivity contribution >= 4 is 23.2 Å². The lowest BCUT2D eigenvalue weighted by Crippen LogP contribution is -2.18. The number of rotatable bonds is 4. The number of nitrogens with one attached hydrogen (secondary N) is 1. The monoisotopic (exact) mass is 351 g/mol. The van der Waals surface area contributed by atoms with E-state index < -0.39 is 0 Å². The van der Waals surface area contributed by atoms with E-state index in [9.17, 15) is 0 Å². The smallest absolute Gasteiger partial charge is 0.179 e. The highest BCUT2D eigenvalue weighted by molar-refractivity contribution is 6.32. The predicted molar refractivity (Wildman–Crippen MR) is 93.8 cm³/mol. The Morgan fingerprint density at radius 2 is 1.96 bits per heavy atom. The van der Waals surface area contributed by atoms with Crippen LogP contribution in [0.15, 0.2) is 36.4 Å². The minimum absolute atomic E-state index is 0.184. The molecule has 0 bridgehead atoms. The van der Waals surface area contributed by atoms with Crippen LogP contribution in [0.2, 0.25) is 10.0 Å². The zero-order chi connectivity index (χ0) is 16.2. The molecule has 0 spiro atoms. The van der Waals surface area contributed by atoms with Gasteiger partial charge in [0.1, 0.15) is 0 Å². The second kappa shape index (κ2) is 7.43. The van der Waals surface area contributed by atoms with E-state index in [4.69, 9.17) is 32.7 Å². The van der Waals surface area contributed by atoms with Crippen LogP contribution in [-0.4, -0.2) is 13.2 Å². The number of hydrogen-bond donors (Lipinski definition) is 1. The molecule has 1 atom stereocenters. The standard InChI is InChI=1S/C18H19Cl2NO2/c1-12(14-4-2-5-15(19)10-14)21-11-13-8-16(20)18-17(9-13)22-6-3-7-23-18/h2,4-5,8-10,12,21H,3,6-7,11H2,1H3. The van der Waals surface area contributed by atoms with E-state index in [1.165, 1.54) is 0 Å². The van der Waals surface area contributed by atoms with Crippen molar-refractivity contribution in [3.63, 3.8) is 0 Å². The molecule has 0 aromatic heterocycles. The average molecular weight is 352 g/mol. The quantitative estimate of drug-likeness (QED) is 0.839. The first-order chi connectivity index (χ1) is 11.1. The average Bonchev–Trinajstić information content (AvgIpc) is 2.78. The lowest BCUT2D eigenvalue weighted by atomic mass is 10.1. The Balaban J connectivity index is 1.71. The molecule has 3 rings (SSSR count). The molecule has 1 unspecified atom stereocenters. The van der Waals surface area contributed by atoms with Crippen LogP contribution in [-0.2, 0) is 6.54 Å². The summed E-state index contributed by atoms with van der Waals surface area (Å²) in [7, 11) is 0. The van der Waals surface area contributed by atoms with Crippen LogP contribution in [0.5, 0.6) is 11.5 Å². The summed E-state index contributed by atoms with van der Waals surface area (Å²) in [6.45, 7) is 4.08. The largest absolute Gasteiger partial charge is 0.489 e. The summed E-state index contributed by atoms with van der Waals surface area (Å²) in [5, 5.41) is 4.82. The van der Waals surface area contributed by atoms with E-state index in [1.807, 2.05) is 30.3 Å². The van der Waals surface area contributed by atoms with Crippen LogP contribution in [0.4, 0.5) is 0 Å². The van der Waals surface area contributed by atoms with Crippen molar-refractivity contribution in [2.45, 2.75) is 25.9 Å². The first kappa shape index (κ1) is 16.4. The zero-order valence-electron chi connectivity index (χ0n) is 12.9. The summed E-state index contributed by atoms with van der Waals surface area (Å²) in [5.74, 6) is 1.37. The summed E-state index contributed by atoms with van der Waals surface area (Å²) >= 11 is 12.4. The second-order valence-electron chi connectivity index (χ2n) is 5.61. The molecule has 0 amide bonds. The maximum absolute atomic E-state index is 6.32. The zero-order valence-corrected chi connectivity index (χ0v) is 14.5. The van der Waals surface area contributed by atoms with Gasteiger partial charge in [-0.2, -0.15) is 0 Å². The molecule has 23 heavy (non-hydrogen) atoms. The van der Waals surface area contributed by atoms with E-state index in [0.29, 0.717) is 30.5 Å². The van der Waals surface area contributed by atoms with Crippen LogP contribution < -0.4 is 14.8 Å². The van der Waals surface area contributed by atoms with E-state index in [0.717, 1.165) is 28.3 Å². The molecule has 1 N–H and O–H groups in total. The van der Waals surface area contributed by atoms with Gasteiger partial charge in [0.25, 0.3) is 0 Å². The van der Waals surface area contributed by atoms with Crippen molar-refractivity contribution in [1.29, 1.82) is 0 Å². The minimum atomic E-state index is 0.184. The molecule has 1 aliphatic heterocycles. The van der Waals surface area contributed by atoms with Gasteiger partial charge in [0.2, 0.25) is 0 Å². The molecule has 0 fully saturated rings. The van der Waals surface area contributed by atoms with Gasteiger partial charge in [-0.1, -0.05) is 35.3 Å². The third-order valence-electron chi connectivity index (χ3n) is 3.82. The lowest BCUT2D eigenvalue weighted by Gasteiger charge is -2.16. The van der Waals surface area contributed by atoms with Crippen molar-refractivity contribution in [2.75, 3.05) is 13.2 Å². The molecule has 2 aromatic rings. The van der Waals surface area contributed by atoms with Crippen LogP contribution in [0.3, 0.4) is 0 Å². The molecule has 0 saturated carbocycles. The second-order valence-corrected chi connectivity index (χ2v) is 6.46. The van der Waals surface area contributed by atoms with Crippen LogP contribution in [0.1, 0.15) is 30.5 Å². The highest BCUT2D eigenvalue weighted by Gasteiger charge is 2.16. The summed E-state index contributed by atoms with van der Waals surface area (Å²) in [4.78, 5) is 0. The molecular formula is C18H19Cl2NO2. The minimum Gasteiger partial charge on any atom is -0.489 e. The molecule has 122 valence electrons. The van der Waals surface area contributed by atoms with E-state index in [-0.39, 0.29) is 6.04 Å². The van der Waals surface area contributed by atoms with Crippen molar-refractivity contribution < 1.29 is 9.47 Å². The van der Waals surface area contributed by atoms with Gasteiger partial charge in [0.15, 0.2) is 11.5 Å². The summed E-state index contributed by atoms with van der Waals surface area (Å²) < 4.78 is 11.4. The topological polar surface area (TPSA) is 30.5 Å². The first-order valence-electron chi connectivity index (χ1n) is 7.70. The van der Waals surface area contributed by atoms with Gasteiger partial charge in [-0.15, -0.1) is 0 Å². The summed E-state index contributed by atoms with van der Waals surface area (Å²) in [6, 6.07) is 12.0. The highest BCUT2D eigenvalue weighted by Crippen LogP contribution is 2.38. The first-order valence-corrected chi connectivity index (χ1v) is 8.46. The maximum atomic E-state index is 6.32. The fourth-order valence-corrected chi connectivity index (χ4v) is 3.04. The number of hydrogen-bond acceptors (Lipinski definition) is 3. The number of fused-ring (bicyclic) bond motifs is 1. The number of ether oxygens (including phenoxy) is 2. The van der Waals surface area contributed by atoms with Crippen molar-refractivity contribution in [3.8, 4) is 11.5 Å². The van der Waals surface area contributed by atoms with Gasteiger partial charge in [0, 0.05) is 24.0 Å². The van der Waals surface area contributed by atoms with Crippen LogP contribution in [0, 0.1) is 0 Å². The van der Waals surface area contributed by atoms with Crippen molar-refractivity contribution in [3.05, 3.63) is 57.6 Å². The SMILES string of the molecule is CC(NCc1cc(Cl)c2c(c1)OCCCO2)c1cccc(Cl)c1. The molecule has 2 aromatic carbocycles. The Kier molecular flexibility index (Phi) is 5.31. The molecule has 0 radical (unpaired) electrons. The van der Waals surface area contributed by atoms with Gasteiger partial charge in [-0.3, -0.25) is 0 Å². The van der Waals surface area contributed by atoms with E-state index >= 15 is 0 Å². The summed E-state index contributed by atoms with van der Waals surface area (Å²) in [6.07, 6.45) is 0.865. The molecule has 3 nitrogen and oxygen atoms in total. The highest BCUT2D eigenvalue weighted by atomic mass is 35.5. The van der Waals surface area contributed by atoms with Gasteiger partial charge in [-0.05, 0) is 42.3 Å². The Morgan fingerprint density at radius 3 is 2.78 bits per heavy atom. The fraction of sp³-hybridized carbons (Fsp3) is 0.333. The van der Waals surface area contributed by atoms with Crippen molar-refractivity contribution in [2.24, 2.45) is 0 Å². The van der Waals surface area contributed by atoms with Crippen LogP contribution >= 0.6 is 23.2 Å². The molecule has 1 aliphatic rings. The Morgan fingerprint density at radius 1 is 1.13 bits per heavy atom. The number of benzene rings is 2. The summed E-state index contributed by atoms with van der Waals surface area (Å²) in [5.41, 5.74) is 2.21. The Labute approximate surface area is 146 Å². The third kappa shape index (κ3) is 4.11.